The van der Waals surface area contributed by atoms with E-state index in [0.29, 0.717) is 13.2 Å². The summed E-state index contributed by atoms with van der Waals surface area (Å²) in [5.41, 5.74) is 1.77. The van der Waals surface area contributed by atoms with Crippen molar-refractivity contribution in [3.05, 3.63) is 0 Å². The molecule has 0 aliphatic heterocycles. The summed E-state index contributed by atoms with van der Waals surface area (Å²) in [6.07, 6.45) is 3.14. The first kappa shape index (κ1) is 16.9. The Kier molecular flexibility index (Phi) is 10.3. The molecule has 0 rings (SSSR count). The number of carbonyl (C=O) groups is 2. The minimum absolute atomic E-state index is 0.231. The molecular formula is C12H23NO5. The molecule has 0 unspecified atom stereocenters. The van der Waals surface area contributed by atoms with Crippen LogP contribution in [-0.4, -0.2) is 36.4 Å². The first-order valence-electron chi connectivity index (χ1n) is 6.37. The van der Waals surface area contributed by atoms with E-state index < -0.39 is 18.0 Å². The molecule has 0 aromatic heterocycles. The van der Waals surface area contributed by atoms with Crippen molar-refractivity contribution in [1.82, 2.24) is 5.48 Å². The van der Waals surface area contributed by atoms with Gasteiger partial charge in [-0.3, -0.25) is 9.59 Å². The topological polar surface area (TPSA) is 84.9 Å². The molecule has 0 radical (unpaired) electrons. The number of hydrogen-bond acceptors (Lipinski definition) is 6. The van der Waals surface area contributed by atoms with Gasteiger partial charge >= 0.3 is 11.9 Å². The first-order chi connectivity index (χ1) is 8.65. The molecule has 0 spiro atoms. The Labute approximate surface area is 108 Å². The zero-order valence-corrected chi connectivity index (χ0v) is 11.1. The highest BCUT2D eigenvalue weighted by molar-refractivity contribution is 5.82. The highest BCUT2D eigenvalue weighted by Gasteiger charge is 2.23. The number of rotatable bonds is 10. The molecule has 1 atom stereocenters. The molecule has 0 aromatic rings. The summed E-state index contributed by atoms with van der Waals surface area (Å²) in [7, 11) is 0. The van der Waals surface area contributed by atoms with Crippen LogP contribution in [0.5, 0.6) is 0 Å². The van der Waals surface area contributed by atoms with Crippen LogP contribution >= 0.6 is 0 Å². The fraction of sp³-hybridized carbons (Fsp3) is 0.833. The molecule has 0 fully saturated rings. The van der Waals surface area contributed by atoms with Crippen LogP contribution in [0.25, 0.3) is 0 Å². The number of hydrogen-bond donors (Lipinski definition) is 2. The van der Waals surface area contributed by atoms with Crippen LogP contribution in [0.3, 0.4) is 0 Å². The van der Waals surface area contributed by atoms with Crippen molar-refractivity contribution in [2.24, 2.45) is 0 Å². The third-order valence-corrected chi connectivity index (χ3v) is 2.31. The molecule has 0 aromatic carbocycles. The molecule has 0 bridgehead atoms. The molecule has 0 heterocycles. The summed E-state index contributed by atoms with van der Waals surface area (Å²) in [5, 5.41) is 8.81. The fourth-order valence-corrected chi connectivity index (χ4v) is 1.16. The normalized spacial score (nSPS) is 11.9. The van der Waals surface area contributed by atoms with Gasteiger partial charge in [0.05, 0.1) is 19.6 Å². The standard InChI is InChI=1S/C12H23NO5/c1-3-5-7-17-11(14)9-10(13-16)12(15)18-8-6-4-2/h10,13,16H,3-9H2,1-2H3/t10-/m0/s1. The summed E-state index contributed by atoms with van der Waals surface area (Å²) in [5.74, 6) is -1.17. The quantitative estimate of drug-likeness (QED) is 0.351. The highest BCUT2D eigenvalue weighted by atomic mass is 16.5. The third-order valence-electron chi connectivity index (χ3n) is 2.31. The molecule has 106 valence electrons. The third kappa shape index (κ3) is 8.03. The number of unbranched alkanes of at least 4 members (excludes halogenated alkanes) is 2. The Morgan fingerprint density at radius 1 is 1.11 bits per heavy atom. The minimum atomic E-state index is -1.06. The second kappa shape index (κ2) is 11.0. The molecule has 18 heavy (non-hydrogen) atoms. The lowest BCUT2D eigenvalue weighted by atomic mass is 10.2. The van der Waals surface area contributed by atoms with Crippen molar-refractivity contribution >= 4 is 11.9 Å². The predicted molar refractivity (Wildman–Crippen MR) is 65.1 cm³/mol. The zero-order valence-electron chi connectivity index (χ0n) is 11.1. The van der Waals surface area contributed by atoms with Gasteiger partial charge in [-0.1, -0.05) is 26.7 Å². The Balaban J connectivity index is 3.93. The van der Waals surface area contributed by atoms with Crippen LogP contribution in [0.1, 0.15) is 46.0 Å². The molecular weight excluding hydrogens is 238 g/mol. The Morgan fingerprint density at radius 3 is 2.17 bits per heavy atom. The lowest BCUT2D eigenvalue weighted by Crippen LogP contribution is -2.38. The van der Waals surface area contributed by atoms with Gasteiger partial charge in [-0.2, -0.15) is 5.48 Å². The van der Waals surface area contributed by atoms with Crippen molar-refractivity contribution in [1.29, 1.82) is 0 Å². The van der Waals surface area contributed by atoms with E-state index in [-0.39, 0.29) is 6.42 Å². The van der Waals surface area contributed by atoms with Crippen LogP contribution in [0.4, 0.5) is 0 Å². The van der Waals surface area contributed by atoms with Crippen molar-refractivity contribution in [2.75, 3.05) is 13.2 Å². The van der Waals surface area contributed by atoms with Gasteiger partial charge in [0, 0.05) is 0 Å². The van der Waals surface area contributed by atoms with Gasteiger partial charge in [0.1, 0.15) is 6.04 Å². The Bertz CT molecular complexity index is 245. The summed E-state index contributed by atoms with van der Waals surface area (Å²) in [6.45, 7) is 4.58. The molecule has 0 aliphatic carbocycles. The smallest absolute Gasteiger partial charge is 0.326 e. The van der Waals surface area contributed by atoms with E-state index in [2.05, 4.69) is 0 Å². The van der Waals surface area contributed by atoms with Crippen molar-refractivity contribution in [2.45, 2.75) is 52.0 Å². The van der Waals surface area contributed by atoms with Crippen molar-refractivity contribution < 1.29 is 24.3 Å². The van der Waals surface area contributed by atoms with Gasteiger partial charge < -0.3 is 14.7 Å². The minimum Gasteiger partial charge on any atom is -0.466 e. The highest BCUT2D eigenvalue weighted by Crippen LogP contribution is 2.00. The van der Waals surface area contributed by atoms with Gasteiger partial charge in [-0.05, 0) is 12.8 Å². The average Bonchev–Trinajstić information content (AvgIpc) is 2.36. The van der Waals surface area contributed by atoms with E-state index in [9.17, 15) is 9.59 Å². The van der Waals surface area contributed by atoms with Gasteiger partial charge in [0.15, 0.2) is 0 Å². The molecule has 0 amide bonds. The maximum Gasteiger partial charge on any atom is 0.326 e. The second-order valence-electron chi connectivity index (χ2n) is 3.98. The van der Waals surface area contributed by atoms with Crippen LogP contribution in [0.2, 0.25) is 0 Å². The molecule has 2 N–H and O–H groups in total. The van der Waals surface area contributed by atoms with Crippen LogP contribution in [0.15, 0.2) is 0 Å². The molecule has 0 aliphatic rings. The number of carbonyl (C=O) groups excluding carboxylic acids is 2. The maximum absolute atomic E-state index is 11.5. The van der Waals surface area contributed by atoms with Crippen LogP contribution in [-0.2, 0) is 19.1 Å². The fourth-order valence-electron chi connectivity index (χ4n) is 1.16. The summed E-state index contributed by atoms with van der Waals surface area (Å²) < 4.78 is 9.79. The molecule has 6 heteroatoms. The van der Waals surface area contributed by atoms with Gasteiger partial charge in [-0.15, -0.1) is 0 Å². The van der Waals surface area contributed by atoms with Crippen molar-refractivity contribution in [3.63, 3.8) is 0 Å². The van der Waals surface area contributed by atoms with Crippen LogP contribution in [0, 0.1) is 0 Å². The number of esters is 2. The zero-order chi connectivity index (χ0) is 13.8. The lowest BCUT2D eigenvalue weighted by Gasteiger charge is -2.13. The van der Waals surface area contributed by atoms with E-state index in [1.165, 1.54) is 0 Å². The summed E-state index contributed by atoms with van der Waals surface area (Å²) in [4.78, 5) is 22.8. The van der Waals surface area contributed by atoms with E-state index in [1.807, 2.05) is 13.8 Å². The predicted octanol–water partition coefficient (Wildman–Crippen LogP) is 1.41. The van der Waals surface area contributed by atoms with E-state index in [1.54, 1.807) is 5.48 Å². The summed E-state index contributed by atoms with van der Waals surface area (Å²) >= 11 is 0. The average molecular weight is 261 g/mol. The Morgan fingerprint density at radius 2 is 1.67 bits per heavy atom. The molecule has 6 nitrogen and oxygen atoms in total. The Hall–Kier alpha value is -1.14. The number of hydroxylamine groups is 1. The molecule has 0 saturated heterocycles. The van der Waals surface area contributed by atoms with Crippen LogP contribution < -0.4 is 5.48 Å². The van der Waals surface area contributed by atoms with E-state index in [4.69, 9.17) is 14.7 Å². The van der Waals surface area contributed by atoms with Gasteiger partial charge in [-0.25, -0.2) is 0 Å². The van der Waals surface area contributed by atoms with Gasteiger partial charge in [0.25, 0.3) is 0 Å². The van der Waals surface area contributed by atoms with Gasteiger partial charge in [0.2, 0.25) is 0 Å². The largest absolute Gasteiger partial charge is 0.466 e. The van der Waals surface area contributed by atoms with E-state index >= 15 is 0 Å². The monoisotopic (exact) mass is 261 g/mol. The SMILES string of the molecule is CCCCOC(=O)C[C@H](NO)C(=O)OCCCC. The number of nitrogens with one attached hydrogen (secondary N) is 1. The maximum atomic E-state index is 11.5. The number of ether oxygens (including phenoxy) is 2. The van der Waals surface area contributed by atoms with Crippen molar-refractivity contribution in [3.8, 4) is 0 Å². The molecule has 0 saturated carbocycles. The van der Waals surface area contributed by atoms with E-state index in [0.717, 1.165) is 25.7 Å². The second-order valence-corrected chi connectivity index (χ2v) is 3.98. The first-order valence-corrected chi connectivity index (χ1v) is 6.37. The lowest BCUT2D eigenvalue weighted by molar-refractivity contribution is -0.155. The summed E-state index contributed by atoms with van der Waals surface area (Å²) in [6, 6.07) is -1.06.